The van der Waals surface area contributed by atoms with Crippen molar-refractivity contribution in [1.82, 2.24) is 4.90 Å². The molecule has 0 spiro atoms. The third kappa shape index (κ3) is 3.47. The van der Waals surface area contributed by atoms with Crippen molar-refractivity contribution in [1.29, 1.82) is 0 Å². The van der Waals surface area contributed by atoms with E-state index in [9.17, 15) is 9.59 Å². The lowest BCUT2D eigenvalue weighted by Crippen LogP contribution is -2.33. The number of rotatable bonds is 6. The number of hydrogen-bond donors (Lipinski definition) is 2. The van der Waals surface area contributed by atoms with Gasteiger partial charge in [0, 0.05) is 13.1 Å². The number of nitrogens with zero attached hydrogens (tertiary/aromatic N) is 1. The van der Waals surface area contributed by atoms with Gasteiger partial charge in [0.2, 0.25) is 0 Å². The van der Waals surface area contributed by atoms with Crippen molar-refractivity contribution in [2.45, 2.75) is 26.7 Å². The molecule has 2 amide bonds. The fourth-order valence-electron chi connectivity index (χ4n) is 1.99. The number of para-hydroxylation sites is 1. The zero-order valence-corrected chi connectivity index (χ0v) is 11.5. The normalized spacial score (nSPS) is 10.2. The topological polar surface area (TPSA) is 89.4 Å². The van der Waals surface area contributed by atoms with Gasteiger partial charge < -0.3 is 16.4 Å². The molecule has 0 radical (unpaired) electrons. The van der Waals surface area contributed by atoms with E-state index >= 15 is 0 Å². The van der Waals surface area contributed by atoms with E-state index in [1.807, 2.05) is 13.8 Å². The molecule has 1 rings (SSSR count). The van der Waals surface area contributed by atoms with Crippen molar-refractivity contribution in [3.63, 3.8) is 0 Å². The Morgan fingerprint density at radius 1 is 1.11 bits per heavy atom. The van der Waals surface area contributed by atoms with E-state index in [4.69, 9.17) is 11.5 Å². The molecule has 0 heterocycles. The second-order valence-electron chi connectivity index (χ2n) is 4.42. The highest BCUT2D eigenvalue weighted by atomic mass is 16.2. The Kier molecular flexibility index (Phi) is 5.36. The van der Waals surface area contributed by atoms with Gasteiger partial charge in [0.05, 0.1) is 16.8 Å². The van der Waals surface area contributed by atoms with E-state index in [1.54, 1.807) is 17.0 Å². The van der Waals surface area contributed by atoms with Crippen molar-refractivity contribution in [2.24, 2.45) is 5.73 Å². The maximum atomic E-state index is 12.4. The molecule has 1 aromatic rings. The smallest absolute Gasteiger partial charge is 0.255 e. The van der Waals surface area contributed by atoms with Gasteiger partial charge in [0.25, 0.3) is 11.8 Å². The first-order chi connectivity index (χ1) is 9.02. The molecule has 0 saturated carbocycles. The largest absolute Gasteiger partial charge is 0.397 e. The van der Waals surface area contributed by atoms with Crippen LogP contribution in [-0.2, 0) is 0 Å². The number of hydrogen-bond acceptors (Lipinski definition) is 3. The standard InChI is InChI=1S/C14H21N3O2/c1-3-8-17(9-4-2)14(19)11-7-5-6-10(12(11)15)13(16)18/h5-7H,3-4,8-9,15H2,1-2H3,(H2,16,18). The minimum atomic E-state index is -0.621. The number of amides is 2. The van der Waals surface area contributed by atoms with Crippen molar-refractivity contribution in [3.05, 3.63) is 29.3 Å². The molecule has 0 atom stereocenters. The Labute approximate surface area is 113 Å². The lowest BCUT2D eigenvalue weighted by Gasteiger charge is -2.22. The van der Waals surface area contributed by atoms with Gasteiger partial charge in [-0.3, -0.25) is 9.59 Å². The summed E-state index contributed by atoms with van der Waals surface area (Å²) in [5, 5.41) is 0. The molecule has 5 nitrogen and oxygen atoms in total. The highest BCUT2D eigenvalue weighted by Crippen LogP contribution is 2.19. The van der Waals surface area contributed by atoms with E-state index in [1.165, 1.54) is 6.07 Å². The van der Waals surface area contributed by atoms with Crippen LogP contribution in [0.25, 0.3) is 0 Å². The maximum absolute atomic E-state index is 12.4. The summed E-state index contributed by atoms with van der Waals surface area (Å²) >= 11 is 0. The molecule has 0 fully saturated rings. The lowest BCUT2D eigenvalue weighted by atomic mass is 10.1. The van der Waals surface area contributed by atoms with Crippen molar-refractivity contribution in [3.8, 4) is 0 Å². The first-order valence-corrected chi connectivity index (χ1v) is 6.50. The van der Waals surface area contributed by atoms with Crippen molar-refractivity contribution in [2.75, 3.05) is 18.8 Å². The SMILES string of the molecule is CCCN(CCC)C(=O)c1cccc(C(N)=O)c1N. The van der Waals surface area contributed by atoms with Crippen LogP contribution in [0.2, 0.25) is 0 Å². The molecule has 104 valence electrons. The summed E-state index contributed by atoms with van der Waals surface area (Å²) in [7, 11) is 0. The Balaban J connectivity index is 3.10. The van der Waals surface area contributed by atoms with E-state index in [2.05, 4.69) is 0 Å². The van der Waals surface area contributed by atoms with E-state index < -0.39 is 5.91 Å². The summed E-state index contributed by atoms with van der Waals surface area (Å²) in [5.74, 6) is -0.769. The summed E-state index contributed by atoms with van der Waals surface area (Å²) < 4.78 is 0. The van der Waals surface area contributed by atoms with Crippen LogP contribution in [0.4, 0.5) is 5.69 Å². The second-order valence-corrected chi connectivity index (χ2v) is 4.42. The molecular formula is C14H21N3O2. The molecule has 19 heavy (non-hydrogen) atoms. The summed E-state index contributed by atoms with van der Waals surface area (Å²) in [6.45, 7) is 5.37. The average Bonchev–Trinajstić information content (AvgIpc) is 2.37. The second kappa shape index (κ2) is 6.78. The minimum Gasteiger partial charge on any atom is -0.397 e. The molecule has 0 aliphatic heterocycles. The monoisotopic (exact) mass is 263 g/mol. The Bertz CT molecular complexity index is 466. The number of carbonyl (C=O) groups is 2. The minimum absolute atomic E-state index is 0.149. The number of nitrogens with two attached hydrogens (primary N) is 2. The predicted molar refractivity (Wildman–Crippen MR) is 75.9 cm³/mol. The van der Waals surface area contributed by atoms with Gasteiger partial charge >= 0.3 is 0 Å². The molecular weight excluding hydrogens is 242 g/mol. The first-order valence-electron chi connectivity index (χ1n) is 6.50. The third-order valence-corrected chi connectivity index (χ3v) is 2.88. The Morgan fingerprint density at radius 2 is 1.63 bits per heavy atom. The van der Waals surface area contributed by atoms with Crippen LogP contribution in [-0.4, -0.2) is 29.8 Å². The summed E-state index contributed by atoms with van der Waals surface area (Å²) in [5.41, 5.74) is 11.8. The number of benzene rings is 1. The maximum Gasteiger partial charge on any atom is 0.255 e. The van der Waals surface area contributed by atoms with Gasteiger partial charge in [-0.1, -0.05) is 19.9 Å². The van der Waals surface area contributed by atoms with Gasteiger partial charge in [-0.2, -0.15) is 0 Å². The zero-order chi connectivity index (χ0) is 14.4. The number of carbonyl (C=O) groups excluding carboxylic acids is 2. The number of nitrogen functional groups attached to an aromatic ring is 1. The van der Waals surface area contributed by atoms with Crippen LogP contribution < -0.4 is 11.5 Å². The highest BCUT2D eigenvalue weighted by Gasteiger charge is 2.19. The molecule has 0 bridgehead atoms. The third-order valence-electron chi connectivity index (χ3n) is 2.88. The van der Waals surface area contributed by atoms with E-state index in [-0.39, 0.29) is 17.2 Å². The summed E-state index contributed by atoms with van der Waals surface area (Å²) in [4.78, 5) is 25.4. The van der Waals surface area contributed by atoms with Crippen molar-refractivity contribution >= 4 is 17.5 Å². The molecule has 5 heteroatoms. The molecule has 0 aliphatic rings. The quantitative estimate of drug-likeness (QED) is 0.764. The molecule has 0 saturated heterocycles. The van der Waals surface area contributed by atoms with Crippen LogP contribution in [0.1, 0.15) is 47.4 Å². The number of primary amides is 1. The fourth-order valence-corrected chi connectivity index (χ4v) is 1.99. The van der Waals surface area contributed by atoms with Gasteiger partial charge in [-0.25, -0.2) is 0 Å². The predicted octanol–water partition coefficient (Wildman–Crippen LogP) is 1.63. The molecule has 1 aromatic carbocycles. The van der Waals surface area contributed by atoms with Crippen molar-refractivity contribution < 1.29 is 9.59 Å². The lowest BCUT2D eigenvalue weighted by molar-refractivity contribution is 0.0756. The zero-order valence-electron chi connectivity index (χ0n) is 11.5. The summed E-state index contributed by atoms with van der Waals surface area (Å²) in [6.07, 6.45) is 1.75. The molecule has 0 unspecified atom stereocenters. The van der Waals surface area contributed by atoms with Gasteiger partial charge in [-0.15, -0.1) is 0 Å². The van der Waals surface area contributed by atoms with Crippen LogP contribution in [0.3, 0.4) is 0 Å². The molecule has 0 aromatic heterocycles. The van der Waals surface area contributed by atoms with Gasteiger partial charge in [0.15, 0.2) is 0 Å². The number of anilines is 1. The van der Waals surface area contributed by atoms with E-state index in [0.717, 1.165) is 12.8 Å². The fraction of sp³-hybridized carbons (Fsp3) is 0.429. The Morgan fingerprint density at radius 3 is 2.11 bits per heavy atom. The average molecular weight is 263 g/mol. The van der Waals surface area contributed by atoms with Crippen LogP contribution in [0.5, 0.6) is 0 Å². The summed E-state index contributed by atoms with van der Waals surface area (Å²) in [6, 6.07) is 4.78. The molecule has 4 N–H and O–H groups in total. The van der Waals surface area contributed by atoms with Crippen LogP contribution in [0.15, 0.2) is 18.2 Å². The van der Waals surface area contributed by atoms with Gasteiger partial charge in [0.1, 0.15) is 0 Å². The first kappa shape index (κ1) is 15.0. The Hall–Kier alpha value is -2.04. The van der Waals surface area contributed by atoms with Crippen LogP contribution >= 0.6 is 0 Å². The van der Waals surface area contributed by atoms with Crippen LogP contribution in [0, 0.1) is 0 Å². The highest BCUT2D eigenvalue weighted by molar-refractivity contribution is 6.06. The van der Waals surface area contributed by atoms with E-state index in [0.29, 0.717) is 18.7 Å². The van der Waals surface area contributed by atoms with Gasteiger partial charge in [-0.05, 0) is 25.0 Å². The molecule has 0 aliphatic carbocycles.